The first kappa shape index (κ1) is 14.6. The maximum Gasteiger partial charge on any atom is 0.175 e. The van der Waals surface area contributed by atoms with Crippen molar-refractivity contribution in [2.45, 2.75) is 0 Å². The molecule has 0 amide bonds. The largest absolute Gasteiger partial charge is 0.456 e. The third-order valence-electron chi connectivity index (χ3n) is 2.46. The fourth-order valence-electron chi connectivity index (χ4n) is 1.56. The van der Waals surface area contributed by atoms with E-state index in [9.17, 15) is 4.39 Å². The van der Waals surface area contributed by atoms with Gasteiger partial charge in [0, 0.05) is 6.07 Å². The van der Waals surface area contributed by atoms with Crippen LogP contribution in [0.15, 0.2) is 46.0 Å². The standard InChI is InChI=1S/C13H9BrClFN2O2/c14-8-5-4-7(6-10(8)16)20-11-3-1-2-9(15)12(11)13(17)18-19/h1-6,19H,(H2,17,18). The molecule has 2 rings (SSSR count). The van der Waals surface area contributed by atoms with Crippen LogP contribution in [0, 0.1) is 5.82 Å². The highest BCUT2D eigenvalue weighted by Gasteiger charge is 2.14. The van der Waals surface area contributed by atoms with Crippen molar-refractivity contribution in [1.82, 2.24) is 0 Å². The number of nitrogens with two attached hydrogens (primary N) is 1. The van der Waals surface area contributed by atoms with Crippen molar-refractivity contribution in [2.24, 2.45) is 10.9 Å². The van der Waals surface area contributed by atoms with Gasteiger partial charge in [-0.3, -0.25) is 0 Å². The summed E-state index contributed by atoms with van der Waals surface area (Å²) in [5.74, 6) is -0.132. The van der Waals surface area contributed by atoms with E-state index in [0.717, 1.165) is 0 Å². The minimum absolute atomic E-state index is 0.191. The van der Waals surface area contributed by atoms with Gasteiger partial charge in [0.1, 0.15) is 17.3 Å². The molecule has 0 spiro atoms. The topological polar surface area (TPSA) is 67.8 Å². The average Bonchev–Trinajstić information content (AvgIpc) is 2.42. The summed E-state index contributed by atoms with van der Waals surface area (Å²) >= 11 is 9.04. The Morgan fingerprint density at radius 3 is 2.75 bits per heavy atom. The monoisotopic (exact) mass is 358 g/mol. The number of benzene rings is 2. The molecule has 0 fully saturated rings. The highest BCUT2D eigenvalue weighted by Crippen LogP contribution is 2.31. The van der Waals surface area contributed by atoms with Gasteiger partial charge >= 0.3 is 0 Å². The van der Waals surface area contributed by atoms with Crippen LogP contribution in [-0.2, 0) is 0 Å². The number of hydrogen-bond donors (Lipinski definition) is 2. The van der Waals surface area contributed by atoms with Crippen molar-refractivity contribution >= 4 is 33.4 Å². The molecule has 0 aliphatic carbocycles. The lowest BCUT2D eigenvalue weighted by Gasteiger charge is -2.11. The number of nitrogens with zero attached hydrogens (tertiary/aromatic N) is 1. The van der Waals surface area contributed by atoms with Gasteiger partial charge in [-0.25, -0.2) is 4.39 Å². The molecule has 0 unspecified atom stereocenters. The minimum Gasteiger partial charge on any atom is -0.456 e. The summed E-state index contributed by atoms with van der Waals surface area (Å²) in [6.45, 7) is 0. The summed E-state index contributed by atoms with van der Waals surface area (Å²) in [5, 5.41) is 11.9. The van der Waals surface area contributed by atoms with Gasteiger partial charge < -0.3 is 15.7 Å². The van der Waals surface area contributed by atoms with E-state index in [1.165, 1.54) is 12.1 Å². The van der Waals surface area contributed by atoms with E-state index in [-0.39, 0.29) is 27.9 Å². The molecule has 0 saturated heterocycles. The Morgan fingerprint density at radius 2 is 2.10 bits per heavy atom. The summed E-state index contributed by atoms with van der Waals surface area (Å²) < 4.78 is 19.3. The maximum atomic E-state index is 13.4. The van der Waals surface area contributed by atoms with E-state index in [2.05, 4.69) is 21.1 Å². The maximum absolute atomic E-state index is 13.4. The molecule has 20 heavy (non-hydrogen) atoms. The summed E-state index contributed by atoms with van der Waals surface area (Å²) in [6, 6.07) is 9.09. The van der Waals surface area contributed by atoms with Crippen molar-refractivity contribution in [3.05, 3.63) is 57.3 Å². The summed E-state index contributed by atoms with van der Waals surface area (Å²) in [7, 11) is 0. The Hall–Kier alpha value is -1.79. The third kappa shape index (κ3) is 3.02. The van der Waals surface area contributed by atoms with Gasteiger partial charge in [-0.2, -0.15) is 0 Å². The molecule has 0 radical (unpaired) electrons. The average molecular weight is 360 g/mol. The molecule has 0 heterocycles. The Balaban J connectivity index is 2.43. The molecule has 0 aliphatic heterocycles. The van der Waals surface area contributed by atoms with E-state index >= 15 is 0 Å². The molecular weight excluding hydrogens is 351 g/mol. The first-order chi connectivity index (χ1) is 9.52. The van der Waals surface area contributed by atoms with E-state index in [1.807, 2.05) is 0 Å². The Morgan fingerprint density at radius 1 is 1.35 bits per heavy atom. The van der Waals surface area contributed by atoms with Gasteiger partial charge in [0.05, 0.1) is 15.1 Å². The number of amidine groups is 1. The van der Waals surface area contributed by atoms with Crippen molar-refractivity contribution < 1.29 is 14.3 Å². The van der Waals surface area contributed by atoms with Crippen LogP contribution in [0.1, 0.15) is 5.56 Å². The SMILES string of the molecule is NC(=NO)c1c(Cl)cccc1Oc1ccc(Br)c(F)c1. The molecule has 0 aliphatic rings. The van der Waals surface area contributed by atoms with E-state index in [0.29, 0.717) is 4.47 Å². The normalized spacial score (nSPS) is 11.4. The van der Waals surface area contributed by atoms with Gasteiger partial charge in [0.15, 0.2) is 5.84 Å². The predicted molar refractivity (Wildman–Crippen MR) is 78.1 cm³/mol. The first-order valence-electron chi connectivity index (χ1n) is 5.42. The molecule has 2 aromatic carbocycles. The van der Waals surface area contributed by atoms with E-state index in [4.69, 9.17) is 27.3 Å². The summed E-state index contributed by atoms with van der Waals surface area (Å²) in [5.41, 5.74) is 5.79. The Kier molecular flexibility index (Phi) is 4.46. The second-order valence-electron chi connectivity index (χ2n) is 3.78. The van der Waals surface area contributed by atoms with Crippen LogP contribution in [-0.4, -0.2) is 11.0 Å². The van der Waals surface area contributed by atoms with Crippen LogP contribution < -0.4 is 10.5 Å². The second-order valence-corrected chi connectivity index (χ2v) is 5.04. The molecular formula is C13H9BrClFN2O2. The van der Waals surface area contributed by atoms with Crippen LogP contribution in [0.3, 0.4) is 0 Å². The number of ether oxygens (including phenoxy) is 1. The fourth-order valence-corrected chi connectivity index (χ4v) is 2.06. The van der Waals surface area contributed by atoms with Crippen LogP contribution in [0.25, 0.3) is 0 Å². The zero-order valence-electron chi connectivity index (χ0n) is 9.98. The number of halogens is 3. The van der Waals surface area contributed by atoms with Gasteiger partial charge in [0.2, 0.25) is 0 Å². The van der Waals surface area contributed by atoms with Gasteiger partial charge in [-0.15, -0.1) is 0 Å². The smallest absolute Gasteiger partial charge is 0.175 e. The Labute approximate surface area is 127 Å². The van der Waals surface area contributed by atoms with Crippen LogP contribution in [0.4, 0.5) is 4.39 Å². The number of oxime groups is 1. The second kappa shape index (κ2) is 6.11. The molecule has 0 atom stereocenters. The van der Waals surface area contributed by atoms with Crippen LogP contribution in [0.2, 0.25) is 5.02 Å². The number of rotatable bonds is 3. The van der Waals surface area contributed by atoms with Crippen molar-refractivity contribution in [1.29, 1.82) is 0 Å². The predicted octanol–water partition coefficient (Wildman–Crippen LogP) is 4.13. The molecule has 3 N–H and O–H groups in total. The molecule has 7 heteroatoms. The van der Waals surface area contributed by atoms with Crippen LogP contribution in [0.5, 0.6) is 11.5 Å². The van der Waals surface area contributed by atoms with Gasteiger partial charge in [-0.05, 0) is 40.2 Å². The van der Waals surface area contributed by atoms with E-state index < -0.39 is 5.82 Å². The van der Waals surface area contributed by atoms with Gasteiger partial charge in [0.25, 0.3) is 0 Å². The van der Waals surface area contributed by atoms with Gasteiger partial charge in [-0.1, -0.05) is 22.8 Å². The van der Waals surface area contributed by atoms with Crippen molar-refractivity contribution in [3.63, 3.8) is 0 Å². The molecule has 2 aromatic rings. The molecule has 0 aromatic heterocycles. The van der Waals surface area contributed by atoms with Crippen LogP contribution >= 0.6 is 27.5 Å². The fraction of sp³-hybridized carbons (Fsp3) is 0. The minimum atomic E-state index is -0.463. The molecule has 0 bridgehead atoms. The molecule has 0 saturated carbocycles. The van der Waals surface area contributed by atoms with E-state index in [1.54, 1.807) is 24.3 Å². The Bertz CT molecular complexity index is 679. The highest BCUT2D eigenvalue weighted by molar-refractivity contribution is 9.10. The quantitative estimate of drug-likeness (QED) is 0.375. The lowest BCUT2D eigenvalue weighted by atomic mass is 10.2. The highest BCUT2D eigenvalue weighted by atomic mass is 79.9. The first-order valence-corrected chi connectivity index (χ1v) is 6.59. The lowest BCUT2D eigenvalue weighted by molar-refractivity contribution is 0.318. The molecule has 104 valence electrons. The van der Waals surface area contributed by atoms with Crippen molar-refractivity contribution in [2.75, 3.05) is 0 Å². The molecule has 4 nitrogen and oxygen atoms in total. The van der Waals surface area contributed by atoms with Crippen molar-refractivity contribution in [3.8, 4) is 11.5 Å². The lowest BCUT2D eigenvalue weighted by Crippen LogP contribution is -2.14. The summed E-state index contributed by atoms with van der Waals surface area (Å²) in [6.07, 6.45) is 0. The zero-order chi connectivity index (χ0) is 14.7. The summed E-state index contributed by atoms with van der Waals surface area (Å²) in [4.78, 5) is 0. The third-order valence-corrected chi connectivity index (χ3v) is 3.42. The number of hydrogen-bond acceptors (Lipinski definition) is 3. The zero-order valence-corrected chi connectivity index (χ0v) is 12.3.